The van der Waals surface area contributed by atoms with Crippen molar-refractivity contribution in [1.29, 1.82) is 0 Å². The molecule has 0 saturated heterocycles. The summed E-state index contributed by atoms with van der Waals surface area (Å²) in [5, 5.41) is 6.59. The maximum absolute atomic E-state index is 11.0. The first-order valence-electron chi connectivity index (χ1n) is 4.68. The molecule has 1 aromatic carbocycles. The lowest BCUT2D eigenvalue weighted by molar-refractivity contribution is 0.135. The van der Waals surface area contributed by atoms with Crippen LogP contribution >= 0.6 is 11.8 Å². The number of hydrazine groups is 1. The fourth-order valence-corrected chi connectivity index (χ4v) is 2.05. The third-order valence-corrected chi connectivity index (χ3v) is 2.93. The number of nitrogens with one attached hydrogen (secondary N) is 1. The number of ether oxygens (including phenoxy) is 1. The molecule has 84 valence electrons. The van der Waals surface area contributed by atoms with Crippen molar-refractivity contribution in [2.24, 2.45) is 5.10 Å². The Kier molecular flexibility index (Phi) is 3.31. The molecular formula is C10H11N3O2S. The molecule has 1 aromatic rings. The van der Waals surface area contributed by atoms with Gasteiger partial charge in [-0.1, -0.05) is 42.1 Å². The minimum Gasteiger partial charge on any atom is -0.452 e. The highest BCUT2D eigenvalue weighted by Crippen LogP contribution is 2.20. The van der Waals surface area contributed by atoms with Crippen molar-refractivity contribution >= 4 is 22.9 Å². The molecule has 2 rings (SSSR count). The van der Waals surface area contributed by atoms with Gasteiger partial charge in [0, 0.05) is 5.56 Å². The Balaban J connectivity index is 2.04. The van der Waals surface area contributed by atoms with E-state index >= 15 is 0 Å². The van der Waals surface area contributed by atoms with Crippen molar-refractivity contribution in [3.8, 4) is 0 Å². The fraction of sp³-hybridized carbons (Fsp3) is 0.200. The Labute approximate surface area is 97.4 Å². The summed E-state index contributed by atoms with van der Waals surface area (Å²) in [6, 6.07) is 9.82. The van der Waals surface area contributed by atoms with Crippen molar-refractivity contribution in [3.63, 3.8) is 0 Å². The average molecular weight is 237 g/mol. The quantitative estimate of drug-likeness (QED) is 0.849. The van der Waals surface area contributed by atoms with Crippen molar-refractivity contribution in [2.45, 2.75) is 0 Å². The molecule has 1 heterocycles. The summed E-state index contributed by atoms with van der Waals surface area (Å²) in [7, 11) is 1.32. The molecule has 0 aliphatic carbocycles. The molecule has 1 amide bonds. The first-order chi connectivity index (χ1) is 7.79. The van der Waals surface area contributed by atoms with Gasteiger partial charge >= 0.3 is 6.09 Å². The molecule has 1 aliphatic rings. The van der Waals surface area contributed by atoms with E-state index < -0.39 is 6.09 Å². The van der Waals surface area contributed by atoms with Crippen LogP contribution in [0.4, 0.5) is 4.79 Å². The van der Waals surface area contributed by atoms with Crippen LogP contribution in [0, 0.1) is 0 Å². The Morgan fingerprint density at radius 2 is 2.25 bits per heavy atom. The minimum absolute atomic E-state index is 0.515. The molecule has 1 aliphatic heterocycles. The second-order valence-corrected chi connectivity index (χ2v) is 3.98. The van der Waals surface area contributed by atoms with E-state index in [9.17, 15) is 4.79 Å². The summed E-state index contributed by atoms with van der Waals surface area (Å²) in [5.41, 5.74) is 3.54. The standard InChI is InChI=1S/C10H11N3O2S/c1-15-10(14)12-13-7-16-9(11-13)8-5-3-2-4-6-8/h2-6H,7H2,1H3,(H,12,14). The van der Waals surface area contributed by atoms with Gasteiger partial charge in [-0.05, 0) is 0 Å². The largest absolute Gasteiger partial charge is 0.452 e. The van der Waals surface area contributed by atoms with Gasteiger partial charge in [0.2, 0.25) is 0 Å². The highest BCUT2D eigenvalue weighted by Gasteiger charge is 2.18. The number of benzene rings is 1. The van der Waals surface area contributed by atoms with Crippen LogP contribution in [0.15, 0.2) is 35.4 Å². The number of methoxy groups -OCH3 is 1. The number of carbonyl (C=O) groups is 1. The van der Waals surface area contributed by atoms with Crippen LogP contribution in [-0.4, -0.2) is 29.2 Å². The summed E-state index contributed by atoms with van der Waals surface area (Å²) in [5.74, 6) is 0.583. The van der Waals surface area contributed by atoms with E-state index in [0.717, 1.165) is 10.6 Å². The highest BCUT2D eigenvalue weighted by molar-refractivity contribution is 8.14. The molecule has 0 aromatic heterocycles. The number of hydrogen-bond donors (Lipinski definition) is 1. The van der Waals surface area contributed by atoms with Gasteiger partial charge in [-0.25, -0.2) is 10.2 Å². The lowest BCUT2D eigenvalue weighted by atomic mass is 10.2. The monoisotopic (exact) mass is 237 g/mol. The van der Waals surface area contributed by atoms with Crippen molar-refractivity contribution in [2.75, 3.05) is 13.0 Å². The van der Waals surface area contributed by atoms with E-state index in [1.807, 2.05) is 30.3 Å². The van der Waals surface area contributed by atoms with E-state index in [1.54, 1.807) is 11.8 Å². The maximum Gasteiger partial charge on any atom is 0.427 e. The molecule has 1 N–H and O–H groups in total. The summed E-state index contributed by atoms with van der Waals surface area (Å²) < 4.78 is 4.48. The predicted octanol–water partition coefficient (Wildman–Crippen LogP) is 1.63. The zero-order valence-electron chi connectivity index (χ0n) is 8.71. The Hall–Kier alpha value is -1.69. The first kappa shape index (κ1) is 10.8. The smallest absolute Gasteiger partial charge is 0.427 e. The number of nitrogens with zero attached hydrogens (tertiary/aromatic N) is 2. The Morgan fingerprint density at radius 3 is 2.94 bits per heavy atom. The van der Waals surface area contributed by atoms with Crippen LogP contribution in [0.2, 0.25) is 0 Å². The van der Waals surface area contributed by atoms with Gasteiger partial charge in [-0.3, -0.25) is 0 Å². The maximum atomic E-state index is 11.0. The highest BCUT2D eigenvalue weighted by atomic mass is 32.2. The van der Waals surface area contributed by atoms with Crippen LogP contribution in [0.5, 0.6) is 0 Å². The molecule has 16 heavy (non-hydrogen) atoms. The lowest BCUT2D eigenvalue weighted by Gasteiger charge is -2.11. The van der Waals surface area contributed by atoms with E-state index in [2.05, 4.69) is 15.3 Å². The van der Waals surface area contributed by atoms with Gasteiger partial charge in [0.05, 0.1) is 7.11 Å². The molecule has 0 saturated carbocycles. The van der Waals surface area contributed by atoms with Crippen molar-refractivity contribution in [1.82, 2.24) is 10.5 Å². The molecular weight excluding hydrogens is 226 g/mol. The first-order valence-corrected chi connectivity index (χ1v) is 5.67. The topological polar surface area (TPSA) is 53.9 Å². The van der Waals surface area contributed by atoms with E-state index in [1.165, 1.54) is 12.2 Å². The molecule has 0 fully saturated rings. The van der Waals surface area contributed by atoms with Gasteiger partial charge in [0.1, 0.15) is 10.9 Å². The average Bonchev–Trinajstić information content (AvgIpc) is 2.78. The van der Waals surface area contributed by atoms with E-state index in [0.29, 0.717) is 5.88 Å². The van der Waals surface area contributed by atoms with Crippen molar-refractivity contribution < 1.29 is 9.53 Å². The van der Waals surface area contributed by atoms with Crippen LogP contribution in [-0.2, 0) is 4.74 Å². The van der Waals surface area contributed by atoms with Crippen LogP contribution in [0.25, 0.3) is 0 Å². The number of thioether (sulfide) groups is 1. The third-order valence-electron chi connectivity index (χ3n) is 1.96. The van der Waals surface area contributed by atoms with Gasteiger partial charge in [-0.15, -0.1) is 5.10 Å². The SMILES string of the molecule is COC(=O)NN1CSC(c2ccccc2)=N1. The Bertz CT molecular complexity index is 408. The third kappa shape index (κ3) is 2.46. The number of hydrazone groups is 1. The fourth-order valence-electron chi connectivity index (χ4n) is 1.22. The second-order valence-electron chi connectivity index (χ2n) is 3.05. The molecule has 0 atom stereocenters. The Morgan fingerprint density at radius 1 is 1.50 bits per heavy atom. The summed E-state index contributed by atoms with van der Waals surface area (Å²) >= 11 is 1.56. The van der Waals surface area contributed by atoms with Gasteiger partial charge in [0.25, 0.3) is 0 Å². The summed E-state index contributed by atoms with van der Waals surface area (Å²) in [6.45, 7) is 0. The van der Waals surface area contributed by atoms with Crippen LogP contribution in [0.1, 0.15) is 5.56 Å². The van der Waals surface area contributed by atoms with Gasteiger partial charge < -0.3 is 4.74 Å². The van der Waals surface area contributed by atoms with E-state index in [-0.39, 0.29) is 0 Å². The lowest BCUT2D eigenvalue weighted by Crippen LogP contribution is -2.36. The number of carbonyl (C=O) groups excluding carboxylic acids is 1. The van der Waals surface area contributed by atoms with Crippen LogP contribution in [0.3, 0.4) is 0 Å². The molecule has 6 heteroatoms. The van der Waals surface area contributed by atoms with Crippen LogP contribution < -0.4 is 5.43 Å². The molecule has 5 nitrogen and oxygen atoms in total. The second kappa shape index (κ2) is 4.89. The molecule has 0 bridgehead atoms. The molecule has 0 spiro atoms. The van der Waals surface area contributed by atoms with Gasteiger partial charge in [0.15, 0.2) is 0 Å². The number of rotatable bonds is 2. The van der Waals surface area contributed by atoms with E-state index in [4.69, 9.17) is 0 Å². The van der Waals surface area contributed by atoms with Gasteiger partial charge in [-0.2, -0.15) is 5.12 Å². The number of hydrogen-bond acceptors (Lipinski definition) is 5. The van der Waals surface area contributed by atoms with Crippen molar-refractivity contribution in [3.05, 3.63) is 35.9 Å². The number of amides is 1. The summed E-state index contributed by atoms with van der Waals surface area (Å²) in [6.07, 6.45) is -0.515. The molecule has 0 unspecified atom stereocenters. The minimum atomic E-state index is -0.515. The molecule has 0 radical (unpaired) electrons. The normalized spacial score (nSPS) is 14.6. The zero-order chi connectivity index (χ0) is 11.4. The zero-order valence-corrected chi connectivity index (χ0v) is 9.53. The summed E-state index contributed by atoms with van der Waals surface area (Å²) in [4.78, 5) is 11.0. The predicted molar refractivity (Wildman–Crippen MR) is 62.8 cm³/mol.